The predicted octanol–water partition coefficient (Wildman–Crippen LogP) is 3.07. The summed E-state index contributed by atoms with van der Waals surface area (Å²) >= 11 is 0. The molecule has 0 spiro atoms. The lowest BCUT2D eigenvalue weighted by Gasteiger charge is -2.34. The normalized spacial score (nSPS) is 15.4. The number of carbonyl (C=O) groups is 1. The molecule has 0 atom stereocenters. The zero-order valence-corrected chi connectivity index (χ0v) is 17.2. The zero-order chi connectivity index (χ0) is 19.9. The van der Waals surface area contributed by atoms with Crippen molar-refractivity contribution in [2.45, 2.75) is 26.9 Å². The van der Waals surface area contributed by atoms with Crippen molar-refractivity contribution in [3.63, 3.8) is 0 Å². The van der Waals surface area contributed by atoms with Crippen LogP contribution in [0.1, 0.15) is 34.0 Å². The highest BCUT2D eigenvalue weighted by Gasteiger charge is 2.15. The minimum Gasteiger partial charge on any atom is -0.496 e. The number of piperazine rings is 1. The summed E-state index contributed by atoms with van der Waals surface area (Å²) in [5, 5.41) is 2.99. The van der Waals surface area contributed by atoms with Gasteiger partial charge in [-0.3, -0.25) is 9.69 Å². The van der Waals surface area contributed by atoms with Crippen LogP contribution < -0.4 is 10.1 Å². The van der Waals surface area contributed by atoms with Gasteiger partial charge in [0, 0.05) is 39.3 Å². The first-order valence-electron chi connectivity index (χ1n) is 10.0. The quantitative estimate of drug-likeness (QED) is 0.801. The van der Waals surface area contributed by atoms with Gasteiger partial charge in [-0.1, -0.05) is 42.8 Å². The molecular formula is C23H31N3O2. The number of amides is 1. The fraction of sp³-hybridized carbons (Fsp3) is 0.435. The molecule has 2 aromatic rings. The summed E-state index contributed by atoms with van der Waals surface area (Å²) in [6.45, 7) is 11.4. The number of benzene rings is 2. The fourth-order valence-corrected chi connectivity index (χ4v) is 3.56. The van der Waals surface area contributed by atoms with E-state index in [1.165, 1.54) is 5.56 Å². The molecule has 0 radical (unpaired) electrons. The molecule has 0 bridgehead atoms. The Morgan fingerprint density at radius 3 is 2.29 bits per heavy atom. The molecule has 150 valence electrons. The van der Waals surface area contributed by atoms with E-state index >= 15 is 0 Å². The van der Waals surface area contributed by atoms with Crippen LogP contribution in [-0.2, 0) is 13.1 Å². The zero-order valence-electron chi connectivity index (χ0n) is 17.2. The number of carbonyl (C=O) groups excluding carboxylic acids is 1. The summed E-state index contributed by atoms with van der Waals surface area (Å²) in [5.41, 5.74) is 4.03. The van der Waals surface area contributed by atoms with E-state index in [2.05, 4.69) is 46.3 Å². The third-order valence-corrected chi connectivity index (χ3v) is 5.39. The maximum absolute atomic E-state index is 12.5. The number of nitrogens with one attached hydrogen (secondary N) is 1. The van der Waals surface area contributed by atoms with Gasteiger partial charge in [-0.2, -0.15) is 0 Å². The second kappa shape index (κ2) is 9.71. The van der Waals surface area contributed by atoms with E-state index in [4.69, 9.17) is 4.74 Å². The number of likely N-dealkylation sites (N-methyl/N-ethyl adjacent to an activating group) is 1. The van der Waals surface area contributed by atoms with Gasteiger partial charge in [-0.25, -0.2) is 0 Å². The van der Waals surface area contributed by atoms with Crippen LogP contribution in [0.3, 0.4) is 0 Å². The van der Waals surface area contributed by atoms with Crippen LogP contribution in [0.2, 0.25) is 0 Å². The lowest BCUT2D eigenvalue weighted by Crippen LogP contribution is -2.45. The Bertz CT molecular complexity index is 781. The van der Waals surface area contributed by atoms with Crippen molar-refractivity contribution < 1.29 is 9.53 Å². The average Bonchev–Trinajstić information content (AvgIpc) is 2.73. The van der Waals surface area contributed by atoms with Crippen LogP contribution in [0, 0.1) is 6.92 Å². The molecule has 5 heteroatoms. The number of methoxy groups -OCH3 is 1. The Morgan fingerprint density at radius 1 is 1.00 bits per heavy atom. The van der Waals surface area contributed by atoms with Gasteiger partial charge in [0.25, 0.3) is 5.91 Å². The van der Waals surface area contributed by atoms with Crippen LogP contribution in [-0.4, -0.2) is 55.5 Å². The van der Waals surface area contributed by atoms with Crippen LogP contribution in [0.5, 0.6) is 5.75 Å². The number of hydrogen-bond donors (Lipinski definition) is 1. The van der Waals surface area contributed by atoms with E-state index in [0.717, 1.165) is 50.4 Å². The van der Waals surface area contributed by atoms with Crippen LogP contribution >= 0.6 is 0 Å². The summed E-state index contributed by atoms with van der Waals surface area (Å²) in [7, 11) is 1.59. The first kappa shape index (κ1) is 20.4. The summed E-state index contributed by atoms with van der Waals surface area (Å²) < 4.78 is 5.31. The maximum atomic E-state index is 12.5. The smallest absolute Gasteiger partial charge is 0.255 e. The molecular weight excluding hydrogens is 350 g/mol. The first-order valence-corrected chi connectivity index (χ1v) is 10.0. The van der Waals surface area contributed by atoms with E-state index in [0.29, 0.717) is 17.9 Å². The van der Waals surface area contributed by atoms with Gasteiger partial charge in [0.05, 0.1) is 12.7 Å². The van der Waals surface area contributed by atoms with Gasteiger partial charge in [0.1, 0.15) is 5.75 Å². The van der Waals surface area contributed by atoms with Gasteiger partial charge < -0.3 is 15.0 Å². The first-order chi connectivity index (χ1) is 13.6. The van der Waals surface area contributed by atoms with Crippen molar-refractivity contribution >= 4 is 5.91 Å². The molecule has 1 aliphatic heterocycles. The lowest BCUT2D eigenvalue weighted by atomic mass is 10.1. The second-order valence-electron chi connectivity index (χ2n) is 7.41. The molecule has 5 nitrogen and oxygen atoms in total. The number of rotatable bonds is 7. The number of hydrogen-bond acceptors (Lipinski definition) is 4. The third-order valence-electron chi connectivity index (χ3n) is 5.39. The number of aryl methyl sites for hydroxylation is 1. The average molecular weight is 382 g/mol. The SMILES string of the molecule is CCN1CCN(Cc2ccc(CNC(=O)c3cc(C)ccc3OC)cc2)CC1. The van der Waals surface area contributed by atoms with Crippen molar-refractivity contribution in [1.82, 2.24) is 15.1 Å². The van der Waals surface area contributed by atoms with E-state index < -0.39 is 0 Å². The molecule has 28 heavy (non-hydrogen) atoms. The summed E-state index contributed by atoms with van der Waals surface area (Å²) in [6, 6.07) is 14.2. The highest BCUT2D eigenvalue weighted by atomic mass is 16.5. The molecule has 1 heterocycles. The van der Waals surface area contributed by atoms with E-state index in [1.807, 2.05) is 25.1 Å². The van der Waals surface area contributed by atoms with Gasteiger partial charge in [-0.15, -0.1) is 0 Å². The van der Waals surface area contributed by atoms with E-state index in [-0.39, 0.29) is 5.91 Å². The number of ether oxygens (including phenoxy) is 1. The van der Waals surface area contributed by atoms with Crippen molar-refractivity contribution in [1.29, 1.82) is 0 Å². The Balaban J connectivity index is 1.52. The number of nitrogens with zero attached hydrogens (tertiary/aromatic N) is 2. The van der Waals surface area contributed by atoms with Crippen molar-refractivity contribution in [3.8, 4) is 5.75 Å². The largest absolute Gasteiger partial charge is 0.496 e. The van der Waals surface area contributed by atoms with Crippen molar-refractivity contribution in [2.75, 3.05) is 39.8 Å². The van der Waals surface area contributed by atoms with E-state index in [1.54, 1.807) is 7.11 Å². The molecule has 1 aliphatic rings. The van der Waals surface area contributed by atoms with Gasteiger partial charge in [0.2, 0.25) is 0 Å². The minimum atomic E-state index is -0.113. The van der Waals surface area contributed by atoms with Gasteiger partial charge >= 0.3 is 0 Å². The Kier molecular flexibility index (Phi) is 7.06. The third kappa shape index (κ3) is 5.33. The van der Waals surface area contributed by atoms with Gasteiger partial charge in [0.15, 0.2) is 0 Å². The van der Waals surface area contributed by atoms with Crippen molar-refractivity contribution in [2.24, 2.45) is 0 Å². The molecule has 1 N–H and O–H groups in total. The molecule has 0 aromatic heterocycles. The van der Waals surface area contributed by atoms with Crippen molar-refractivity contribution in [3.05, 3.63) is 64.7 Å². The Labute approximate surface area is 168 Å². The van der Waals surface area contributed by atoms with Crippen LogP contribution in [0.25, 0.3) is 0 Å². The molecule has 0 aliphatic carbocycles. The summed E-state index contributed by atoms with van der Waals surface area (Å²) in [6.07, 6.45) is 0. The lowest BCUT2D eigenvalue weighted by molar-refractivity contribution is 0.0948. The topological polar surface area (TPSA) is 44.8 Å². The van der Waals surface area contributed by atoms with Crippen LogP contribution in [0.4, 0.5) is 0 Å². The Morgan fingerprint density at radius 2 is 1.64 bits per heavy atom. The van der Waals surface area contributed by atoms with Crippen LogP contribution in [0.15, 0.2) is 42.5 Å². The molecule has 0 saturated carbocycles. The summed E-state index contributed by atoms with van der Waals surface area (Å²) in [4.78, 5) is 17.5. The second-order valence-corrected chi connectivity index (χ2v) is 7.41. The molecule has 1 fully saturated rings. The molecule has 1 amide bonds. The molecule has 3 rings (SSSR count). The van der Waals surface area contributed by atoms with Gasteiger partial charge in [-0.05, 0) is 36.7 Å². The highest BCUT2D eigenvalue weighted by molar-refractivity contribution is 5.97. The van der Waals surface area contributed by atoms with E-state index in [9.17, 15) is 4.79 Å². The molecule has 1 saturated heterocycles. The molecule has 0 unspecified atom stereocenters. The molecule has 2 aromatic carbocycles. The monoisotopic (exact) mass is 381 g/mol. The minimum absolute atomic E-state index is 0.113. The predicted molar refractivity (Wildman–Crippen MR) is 113 cm³/mol. The maximum Gasteiger partial charge on any atom is 0.255 e. The standard InChI is InChI=1S/C23H31N3O2/c1-4-25-11-13-26(14-12-25)17-20-8-6-19(7-9-20)16-24-23(27)21-15-18(2)5-10-22(21)28-3/h5-10,15H,4,11-14,16-17H2,1-3H3,(H,24,27). The fourth-order valence-electron chi connectivity index (χ4n) is 3.56. The summed E-state index contributed by atoms with van der Waals surface area (Å²) in [5.74, 6) is 0.486. The highest BCUT2D eigenvalue weighted by Crippen LogP contribution is 2.19. The Hall–Kier alpha value is -2.37.